The van der Waals surface area contributed by atoms with Crippen molar-refractivity contribution in [1.29, 1.82) is 0 Å². The van der Waals surface area contributed by atoms with Crippen molar-refractivity contribution in [2.45, 2.75) is 76.8 Å². The van der Waals surface area contributed by atoms with Crippen LogP contribution >= 0.6 is 0 Å². The smallest absolute Gasteiger partial charge is 0.306 e. The number of ether oxygens (including phenoxy) is 3. The van der Waals surface area contributed by atoms with Crippen LogP contribution in [0.2, 0.25) is 0 Å². The summed E-state index contributed by atoms with van der Waals surface area (Å²) in [5, 5.41) is 20.9. The lowest BCUT2D eigenvalue weighted by atomic mass is 9.89. The van der Waals surface area contributed by atoms with Crippen LogP contribution < -0.4 is 4.74 Å². The van der Waals surface area contributed by atoms with E-state index in [1.165, 1.54) is 5.57 Å². The second-order valence-electron chi connectivity index (χ2n) is 9.31. The van der Waals surface area contributed by atoms with Crippen molar-refractivity contribution in [3.05, 3.63) is 54.1 Å². The zero-order valence-corrected chi connectivity index (χ0v) is 19.8. The standard InChI is InChI=1S/C27H38O6/c1-19(2)33-27(30)11-7-6-8-20-12-14-24-23(25(29)16-26(24)32-17-20)15-13-21(28)18-31-22-9-4-3-5-10-22/h3-5,9-10,12-13,15,19,21,23-26,28-29H,6-8,11,14,16-18H2,1-2H3/t21-,23-,24-,25-,26+/m1/s1. The van der Waals surface area contributed by atoms with Crippen molar-refractivity contribution in [2.75, 3.05) is 13.2 Å². The van der Waals surface area contributed by atoms with Crippen LogP contribution in [-0.2, 0) is 14.3 Å². The number of hydrogen-bond donors (Lipinski definition) is 2. The number of esters is 1. The molecule has 2 aliphatic rings. The minimum absolute atomic E-state index is 0.0159. The zero-order valence-electron chi connectivity index (χ0n) is 19.8. The van der Waals surface area contributed by atoms with Gasteiger partial charge in [-0.1, -0.05) is 36.4 Å². The molecule has 0 radical (unpaired) electrons. The molecule has 6 heteroatoms. The summed E-state index contributed by atoms with van der Waals surface area (Å²) < 4.78 is 16.9. The van der Waals surface area contributed by atoms with Crippen LogP contribution in [0.4, 0.5) is 0 Å². The summed E-state index contributed by atoms with van der Waals surface area (Å²) >= 11 is 0. The molecule has 1 aromatic carbocycles. The predicted molar refractivity (Wildman–Crippen MR) is 127 cm³/mol. The van der Waals surface area contributed by atoms with Crippen LogP contribution in [0.3, 0.4) is 0 Å². The number of carbonyl (C=O) groups is 1. The van der Waals surface area contributed by atoms with E-state index in [2.05, 4.69) is 6.08 Å². The van der Waals surface area contributed by atoms with Crippen molar-refractivity contribution >= 4 is 5.97 Å². The Morgan fingerprint density at radius 1 is 1.24 bits per heavy atom. The second kappa shape index (κ2) is 12.9. The van der Waals surface area contributed by atoms with E-state index >= 15 is 0 Å². The Bertz CT molecular complexity index is 787. The highest BCUT2D eigenvalue weighted by atomic mass is 16.5. The van der Waals surface area contributed by atoms with E-state index in [0.29, 0.717) is 19.4 Å². The maximum absolute atomic E-state index is 11.7. The first-order valence-corrected chi connectivity index (χ1v) is 12.1. The van der Waals surface area contributed by atoms with Crippen molar-refractivity contribution < 1.29 is 29.2 Å². The highest BCUT2D eigenvalue weighted by molar-refractivity contribution is 5.69. The number of aliphatic hydroxyl groups is 2. The van der Waals surface area contributed by atoms with Gasteiger partial charge in [0.15, 0.2) is 0 Å². The average Bonchev–Trinajstić information content (AvgIpc) is 2.95. The zero-order chi connectivity index (χ0) is 23.6. The molecule has 0 unspecified atom stereocenters. The van der Waals surface area contributed by atoms with Gasteiger partial charge in [-0.3, -0.25) is 4.79 Å². The molecule has 1 heterocycles. The molecule has 3 rings (SSSR count). The molecular weight excluding hydrogens is 420 g/mol. The molecule has 5 atom stereocenters. The van der Waals surface area contributed by atoms with Gasteiger partial charge in [0.05, 0.1) is 24.9 Å². The fourth-order valence-electron chi connectivity index (χ4n) is 4.58. The molecule has 182 valence electrons. The van der Waals surface area contributed by atoms with Gasteiger partial charge in [0.25, 0.3) is 0 Å². The Labute approximate surface area is 197 Å². The molecule has 0 amide bonds. The highest BCUT2D eigenvalue weighted by Crippen LogP contribution is 2.40. The minimum Gasteiger partial charge on any atom is -0.491 e. The third kappa shape index (κ3) is 8.29. The van der Waals surface area contributed by atoms with Crippen molar-refractivity contribution in [3.63, 3.8) is 0 Å². The first kappa shape index (κ1) is 25.5. The van der Waals surface area contributed by atoms with Crippen LogP contribution in [0.15, 0.2) is 54.1 Å². The first-order valence-electron chi connectivity index (χ1n) is 12.1. The number of unbranched alkanes of at least 4 members (excludes halogenated alkanes) is 1. The summed E-state index contributed by atoms with van der Waals surface area (Å²) in [6.45, 7) is 4.47. The predicted octanol–water partition coefficient (Wildman–Crippen LogP) is 4.21. The normalized spacial score (nSPS) is 26.0. The number of aliphatic hydroxyl groups excluding tert-OH is 2. The van der Waals surface area contributed by atoms with Gasteiger partial charge >= 0.3 is 5.97 Å². The molecule has 33 heavy (non-hydrogen) atoms. The average molecular weight is 459 g/mol. The lowest BCUT2D eigenvalue weighted by molar-refractivity contribution is -0.147. The van der Waals surface area contributed by atoms with Crippen molar-refractivity contribution in [2.24, 2.45) is 11.8 Å². The minimum atomic E-state index is -0.739. The summed E-state index contributed by atoms with van der Waals surface area (Å²) in [6, 6.07) is 9.40. The van der Waals surface area contributed by atoms with E-state index in [-0.39, 0.29) is 36.6 Å². The van der Waals surface area contributed by atoms with E-state index in [9.17, 15) is 15.0 Å². The Kier molecular flexibility index (Phi) is 9.97. The number of para-hydroxylation sites is 1. The molecule has 1 fully saturated rings. The molecular formula is C27H38O6. The number of allylic oxidation sites excluding steroid dienone is 1. The number of fused-ring (bicyclic) bond motifs is 1. The molecule has 0 saturated heterocycles. The van der Waals surface area contributed by atoms with Gasteiger partial charge in [-0.2, -0.15) is 0 Å². The van der Waals surface area contributed by atoms with Crippen LogP contribution in [0, 0.1) is 11.8 Å². The number of carbonyl (C=O) groups excluding carboxylic acids is 1. The molecule has 0 bridgehead atoms. The first-order chi connectivity index (χ1) is 15.9. The molecule has 1 aromatic rings. The van der Waals surface area contributed by atoms with Gasteiger partial charge in [-0.25, -0.2) is 0 Å². The monoisotopic (exact) mass is 458 g/mol. The topological polar surface area (TPSA) is 85.2 Å². The second-order valence-corrected chi connectivity index (χ2v) is 9.31. The molecule has 2 N–H and O–H groups in total. The summed E-state index contributed by atoms with van der Waals surface area (Å²) in [4.78, 5) is 11.7. The third-order valence-electron chi connectivity index (χ3n) is 6.27. The summed E-state index contributed by atoms with van der Waals surface area (Å²) in [5.41, 5.74) is 1.26. The maximum atomic E-state index is 11.7. The number of hydrogen-bond acceptors (Lipinski definition) is 6. The lowest BCUT2D eigenvalue weighted by Gasteiger charge is -2.20. The number of rotatable bonds is 11. The van der Waals surface area contributed by atoms with Gasteiger partial charge < -0.3 is 24.4 Å². The summed E-state index contributed by atoms with van der Waals surface area (Å²) in [7, 11) is 0. The highest BCUT2D eigenvalue weighted by Gasteiger charge is 2.42. The van der Waals surface area contributed by atoms with Gasteiger partial charge in [0.1, 0.15) is 18.5 Å². The Balaban J connectivity index is 1.45. The SMILES string of the molecule is CC(C)OC(=O)CCCCC1=CC[C@@H]2[C@@H](C=C[C@@H](O)COc3ccccc3)[C@H](O)C[C@@H]2OC1. The maximum Gasteiger partial charge on any atom is 0.306 e. The van der Waals surface area contributed by atoms with E-state index in [1.54, 1.807) is 6.08 Å². The van der Waals surface area contributed by atoms with Crippen LogP contribution in [0.5, 0.6) is 5.75 Å². The summed E-state index contributed by atoms with van der Waals surface area (Å²) in [5.74, 6) is 0.725. The van der Waals surface area contributed by atoms with Crippen LogP contribution in [0.1, 0.15) is 52.4 Å². The molecule has 0 aromatic heterocycles. The quantitative estimate of drug-likeness (QED) is 0.294. The van der Waals surface area contributed by atoms with Gasteiger partial charge in [-0.15, -0.1) is 0 Å². The lowest BCUT2D eigenvalue weighted by Crippen LogP contribution is -2.22. The molecule has 6 nitrogen and oxygen atoms in total. The van der Waals surface area contributed by atoms with Crippen molar-refractivity contribution in [1.82, 2.24) is 0 Å². The Morgan fingerprint density at radius 2 is 2.03 bits per heavy atom. The molecule has 1 aliphatic carbocycles. The molecule has 1 saturated carbocycles. The van der Waals surface area contributed by atoms with E-state index < -0.39 is 12.2 Å². The fourth-order valence-corrected chi connectivity index (χ4v) is 4.58. The van der Waals surface area contributed by atoms with E-state index in [0.717, 1.165) is 31.4 Å². The van der Waals surface area contributed by atoms with Gasteiger partial charge in [-0.05, 0) is 63.2 Å². The van der Waals surface area contributed by atoms with Crippen LogP contribution in [-0.4, -0.2) is 53.8 Å². The molecule has 1 aliphatic heterocycles. The largest absolute Gasteiger partial charge is 0.491 e. The van der Waals surface area contributed by atoms with Gasteiger partial charge in [0.2, 0.25) is 0 Å². The Morgan fingerprint density at radius 3 is 2.79 bits per heavy atom. The third-order valence-corrected chi connectivity index (χ3v) is 6.27. The Hall–Kier alpha value is -2.15. The van der Waals surface area contributed by atoms with Gasteiger partial charge in [0, 0.05) is 18.8 Å². The van der Waals surface area contributed by atoms with E-state index in [4.69, 9.17) is 14.2 Å². The van der Waals surface area contributed by atoms with Crippen LogP contribution in [0.25, 0.3) is 0 Å². The summed E-state index contributed by atoms with van der Waals surface area (Å²) in [6.07, 6.45) is 9.19. The van der Waals surface area contributed by atoms with E-state index in [1.807, 2.05) is 50.3 Å². The number of benzene rings is 1. The fraction of sp³-hybridized carbons (Fsp3) is 0.593. The van der Waals surface area contributed by atoms with Crippen molar-refractivity contribution in [3.8, 4) is 5.75 Å². The molecule has 0 spiro atoms.